The molecule has 1 N–H and O–H groups in total. The minimum atomic E-state index is -0.268. The largest absolute Gasteiger partial charge is 0.486 e. The highest BCUT2D eigenvalue weighted by Gasteiger charge is 2.24. The van der Waals surface area contributed by atoms with E-state index in [1.165, 1.54) is 5.56 Å². The van der Waals surface area contributed by atoms with E-state index in [0.29, 0.717) is 13.2 Å². The zero-order valence-electron chi connectivity index (χ0n) is 18.1. The fourth-order valence-corrected chi connectivity index (χ4v) is 3.42. The van der Waals surface area contributed by atoms with Gasteiger partial charge in [0.15, 0.2) is 0 Å². The molecule has 2 aromatic rings. The van der Waals surface area contributed by atoms with Crippen molar-refractivity contribution in [3.63, 3.8) is 0 Å². The second kappa shape index (κ2) is 9.41. The predicted octanol–water partition coefficient (Wildman–Crippen LogP) is 5.45. The third kappa shape index (κ3) is 6.23. The number of nitrogens with zero attached hydrogens (tertiary/aromatic N) is 2. The smallest absolute Gasteiger partial charge is 0.318 e. The molecule has 0 saturated carbocycles. The summed E-state index contributed by atoms with van der Waals surface area (Å²) in [4.78, 5) is 19.3. The van der Waals surface area contributed by atoms with Gasteiger partial charge in [-0.05, 0) is 65.2 Å². The van der Waals surface area contributed by atoms with Crippen molar-refractivity contribution in [1.29, 1.82) is 0 Å². The first-order valence-electron chi connectivity index (χ1n) is 9.81. The number of hydrogen-bond acceptors (Lipinski definition) is 4. The summed E-state index contributed by atoms with van der Waals surface area (Å²) in [5.74, 6) is 0.891. The van der Waals surface area contributed by atoms with Gasteiger partial charge in [-0.1, -0.05) is 19.1 Å². The molecule has 28 heavy (non-hydrogen) atoms. The average Bonchev–Trinajstić information content (AvgIpc) is 3.06. The van der Waals surface area contributed by atoms with E-state index >= 15 is 0 Å². The van der Waals surface area contributed by atoms with Crippen LogP contribution in [0.3, 0.4) is 0 Å². The molecule has 2 amide bonds. The van der Waals surface area contributed by atoms with E-state index in [-0.39, 0.29) is 17.6 Å². The zero-order valence-corrected chi connectivity index (χ0v) is 18.9. The Kier molecular flexibility index (Phi) is 7.47. The highest BCUT2D eigenvalue weighted by atomic mass is 32.1. The predicted molar refractivity (Wildman–Crippen MR) is 116 cm³/mol. The number of thiazole rings is 1. The molecule has 1 aromatic carbocycles. The van der Waals surface area contributed by atoms with E-state index in [4.69, 9.17) is 4.74 Å². The number of hydrogen-bond donors (Lipinski definition) is 1. The van der Waals surface area contributed by atoms with Gasteiger partial charge in [-0.3, -0.25) is 0 Å². The molecule has 154 valence electrons. The van der Waals surface area contributed by atoms with Crippen molar-refractivity contribution < 1.29 is 9.53 Å². The molecule has 2 rings (SSSR count). The number of aromatic nitrogens is 1. The van der Waals surface area contributed by atoms with Crippen molar-refractivity contribution >= 4 is 17.4 Å². The maximum Gasteiger partial charge on any atom is 0.318 e. The molecule has 5 nitrogen and oxygen atoms in total. The van der Waals surface area contributed by atoms with E-state index < -0.39 is 0 Å². The molecular weight excluding hydrogens is 370 g/mol. The minimum absolute atomic E-state index is 0.0527. The number of aryl methyl sites for hydroxylation is 1. The third-order valence-electron chi connectivity index (χ3n) is 4.70. The summed E-state index contributed by atoms with van der Waals surface area (Å²) < 4.78 is 5.96. The minimum Gasteiger partial charge on any atom is -0.486 e. The van der Waals surface area contributed by atoms with Crippen molar-refractivity contribution in [2.45, 2.75) is 79.6 Å². The molecule has 0 aliphatic rings. The number of amides is 2. The lowest BCUT2D eigenvalue weighted by atomic mass is 10.1. The summed E-state index contributed by atoms with van der Waals surface area (Å²) in [6.07, 6.45) is 0.893. The van der Waals surface area contributed by atoms with Crippen LogP contribution in [-0.2, 0) is 13.2 Å². The van der Waals surface area contributed by atoms with Crippen LogP contribution in [0.25, 0.3) is 0 Å². The molecule has 1 atom stereocenters. The number of benzene rings is 1. The summed E-state index contributed by atoms with van der Waals surface area (Å²) in [6, 6.07) is 6.15. The SMILES string of the molecule is CC[C@@H](C)N(Cc1csc(COc2cccc(C)c2C)n1)C(=O)NC(C)(C)C. The Morgan fingerprint density at radius 2 is 2.04 bits per heavy atom. The number of carbonyl (C=O) groups excluding carboxylic acids is 1. The number of ether oxygens (including phenoxy) is 1. The van der Waals surface area contributed by atoms with Gasteiger partial charge in [0.25, 0.3) is 0 Å². The van der Waals surface area contributed by atoms with E-state index in [1.54, 1.807) is 11.3 Å². The van der Waals surface area contributed by atoms with Crippen LogP contribution in [0.15, 0.2) is 23.6 Å². The molecular formula is C22H33N3O2S. The first-order valence-corrected chi connectivity index (χ1v) is 10.7. The molecule has 0 aliphatic carbocycles. The fourth-order valence-electron chi connectivity index (χ4n) is 2.72. The van der Waals surface area contributed by atoms with Crippen molar-refractivity contribution in [3.8, 4) is 5.75 Å². The molecule has 1 heterocycles. The van der Waals surface area contributed by atoms with Crippen LogP contribution < -0.4 is 10.1 Å². The van der Waals surface area contributed by atoms with Crippen LogP contribution in [0.4, 0.5) is 4.79 Å². The van der Waals surface area contributed by atoms with Crippen molar-refractivity contribution in [3.05, 3.63) is 45.4 Å². The third-order valence-corrected chi connectivity index (χ3v) is 5.57. The molecule has 0 bridgehead atoms. The first kappa shape index (κ1) is 22.2. The van der Waals surface area contributed by atoms with Crippen molar-refractivity contribution in [2.75, 3.05) is 0 Å². The Labute approximate surface area is 173 Å². The molecule has 0 fully saturated rings. The maximum absolute atomic E-state index is 12.7. The van der Waals surface area contributed by atoms with Crippen LogP contribution in [-0.4, -0.2) is 27.5 Å². The van der Waals surface area contributed by atoms with Crippen molar-refractivity contribution in [1.82, 2.24) is 15.2 Å². The van der Waals surface area contributed by atoms with Crippen LogP contribution in [0.2, 0.25) is 0 Å². The highest BCUT2D eigenvalue weighted by Crippen LogP contribution is 2.23. The van der Waals surface area contributed by atoms with Gasteiger partial charge in [-0.25, -0.2) is 9.78 Å². The molecule has 0 radical (unpaired) electrons. The zero-order chi connectivity index (χ0) is 20.9. The molecule has 0 saturated heterocycles. The molecule has 0 aliphatic heterocycles. The summed E-state index contributed by atoms with van der Waals surface area (Å²) >= 11 is 1.57. The van der Waals surface area contributed by atoms with Gasteiger partial charge in [0.1, 0.15) is 17.4 Å². The van der Waals surface area contributed by atoms with Crippen LogP contribution in [0, 0.1) is 13.8 Å². The summed E-state index contributed by atoms with van der Waals surface area (Å²) in [7, 11) is 0. The van der Waals surface area contributed by atoms with E-state index in [2.05, 4.69) is 44.1 Å². The molecule has 0 unspecified atom stereocenters. The van der Waals surface area contributed by atoms with Crippen LogP contribution in [0.5, 0.6) is 5.75 Å². The monoisotopic (exact) mass is 403 g/mol. The van der Waals surface area contributed by atoms with E-state index in [9.17, 15) is 4.79 Å². The lowest BCUT2D eigenvalue weighted by Gasteiger charge is -2.32. The Hall–Kier alpha value is -2.08. The second-order valence-corrected chi connectivity index (χ2v) is 9.23. The Balaban J connectivity index is 2.04. The quantitative estimate of drug-likeness (QED) is 0.669. The number of nitrogens with one attached hydrogen (secondary N) is 1. The van der Waals surface area contributed by atoms with E-state index in [1.807, 2.05) is 43.2 Å². The van der Waals surface area contributed by atoms with Gasteiger partial charge in [0.05, 0.1) is 12.2 Å². The lowest BCUT2D eigenvalue weighted by Crippen LogP contribution is -2.50. The molecule has 0 spiro atoms. The second-order valence-electron chi connectivity index (χ2n) is 8.28. The summed E-state index contributed by atoms with van der Waals surface area (Å²) in [6.45, 7) is 15.2. The Morgan fingerprint density at radius 1 is 1.32 bits per heavy atom. The summed E-state index contributed by atoms with van der Waals surface area (Å²) in [5.41, 5.74) is 3.00. The van der Waals surface area contributed by atoms with Gasteiger partial charge in [-0.2, -0.15) is 0 Å². The number of carbonyl (C=O) groups is 1. The molecule has 6 heteroatoms. The first-order chi connectivity index (χ1) is 13.1. The van der Waals surface area contributed by atoms with Crippen LogP contribution in [0.1, 0.15) is 62.9 Å². The Morgan fingerprint density at radius 3 is 2.68 bits per heavy atom. The maximum atomic E-state index is 12.7. The number of urea groups is 1. The number of rotatable bonds is 7. The fraction of sp³-hybridized carbons (Fsp3) is 0.545. The normalized spacial score (nSPS) is 12.5. The average molecular weight is 404 g/mol. The van der Waals surface area contributed by atoms with Gasteiger partial charge >= 0.3 is 6.03 Å². The molecule has 1 aromatic heterocycles. The van der Waals surface area contributed by atoms with Gasteiger partial charge in [-0.15, -0.1) is 11.3 Å². The van der Waals surface area contributed by atoms with Crippen molar-refractivity contribution in [2.24, 2.45) is 0 Å². The summed E-state index contributed by atoms with van der Waals surface area (Å²) in [5, 5.41) is 5.99. The topological polar surface area (TPSA) is 54.5 Å². The van der Waals surface area contributed by atoms with Gasteiger partial charge in [0, 0.05) is 17.0 Å². The van der Waals surface area contributed by atoms with E-state index in [0.717, 1.165) is 28.4 Å². The lowest BCUT2D eigenvalue weighted by molar-refractivity contribution is 0.164. The Bertz CT molecular complexity index is 795. The van der Waals surface area contributed by atoms with Crippen LogP contribution >= 0.6 is 11.3 Å². The van der Waals surface area contributed by atoms with Gasteiger partial charge < -0.3 is 15.0 Å². The highest BCUT2D eigenvalue weighted by molar-refractivity contribution is 7.09. The van der Waals surface area contributed by atoms with Gasteiger partial charge in [0.2, 0.25) is 0 Å². The standard InChI is InChI=1S/C22H33N3O2S/c1-8-16(3)25(21(26)24-22(5,6)7)12-18-14-28-20(23-18)13-27-19-11-9-10-15(2)17(19)4/h9-11,14,16H,8,12-13H2,1-7H3,(H,24,26)/t16-/m1/s1.